The average molecular weight is 320 g/mol. The Morgan fingerprint density at radius 2 is 2.22 bits per heavy atom. The van der Waals surface area contributed by atoms with Gasteiger partial charge >= 0.3 is 6.03 Å². The van der Waals surface area contributed by atoms with Gasteiger partial charge in [-0.1, -0.05) is 6.07 Å². The first kappa shape index (κ1) is 16.7. The molecule has 1 saturated heterocycles. The second-order valence-electron chi connectivity index (χ2n) is 5.46. The van der Waals surface area contributed by atoms with Crippen molar-refractivity contribution in [1.29, 1.82) is 0 Å². The van der Waals surface area contributed by atoms with E-state index in [0.717, 1.165) is 5.56 Å². The number of amides is 4. The van der Waals surface area contributed by atoms with Gasteiger partial charge in [0.25, 0.3) is 5.91 Å². The summed E-state index contributed by atoms with van der Waals surface area (Å²) in [5.74, 6) is -0.119. The van der Waals surface area contributed by atoms with Crippen LogP contribution in [0.25, 0.3) is 0 Å². The van der Waals surface area contributed by atoms with Crippen molar-refractivity contribution in [1.82, 2.24) is 20.9 Å². The fraction of sp³-hybridized carbons (Fsp3) is 0.467. The van der Waals surface area contributed by atoms with Gasteiger partial charge in [0.1, 0.15) is 6.04 Å². The predicted molar refractivity (Wildman–Crippen MR) is 81.5 cm³/mol. The Morgan fingerprint density at radius 3 is 2.87 bits per heavy atom. The van der Waals surface area contributed by atoms with E-state index in [0.29, 0.717) is 5.88 Å². The van der Waals surface area contributed by atoms with E-state index in [2.05, 4.69) is 20.9 Å². The Labute approximate surface area is 134 Å². The maximum atomic E-state index is 11.9. The summed E-state index contributed by atoms with van der Waals surface area (Å²) in [5.41, 5.74) is 0.779. The molecule has 2 rings (SSSR count). The number of urea groups is 1. The maximum Gasteiger partial charge on any atom is 0.322 e. The van der Waals surface area contributed by atoms with Crippen LogP contribution < -0.4 is 20.7 Å². The van der Waals surface area contributed by atoms with Crippen LogP contribution in [0.1, 0.15) is 32.3 Å². The molecule has 8 nitrogen and oxygen atoms in total. The van der Waals surface area contributed by atoms with E-state index in [1.165, 1.54) is 0 Å². The molecular formula is C15H20N4O4. The van der Waals surface area contributed by atoms with Gasteiger partial charge in [0.2, 0.25) is 11.8 Å². The van der Waals surface area contributed by atoms with Crippen molar-refractivity contribution in [3.8, 4) is 5.88 Å². The zero-order valence-corrected chi connectivity index (χ0v) is 13.1. The van der Waals surface area contributed by atoms with E-state index in [1.807, 2.05) is 19.9 Å². The first-order valence-corrected chi connectivity index (χ1v) is 7.44. The summed E-state index contributed by atoms with van der Waals surface area (Å²) < 4.78 is 5.58. The predicted octanol–water partition coefficient (Wildman–Crippen LogP) is 0.473. The molecular weight excluding hydrogens is 300 g/mol. The minimum absolute atomic E-state index is 0.0103. The molecule has 0 aromatic carbocycles. The molecule has 0 aliphatic carbocycles. The third-order valence-electron chi connectivity index (χ3n) is 3.19. The number of pyridine rings is 1. The summed E-state index contributed by atoms with van der Waals surface area (Å²) in [7, 11) is 0. The molecule has 0 spiro atoms. The highest BCUT2D eigenvalue weighted by atomic mass is 16.5. The molecule has 1 aliphatic rings. The molecule has 1 unspecified atom stereocenters. The zero-order chi connectivity index (χ0) is 16.8. The quantitative estimate of drug-likeness (QED) is 0.633. The van der Waals surface area contributed by atoms with E-state index < -0.39 is 18.0 Å². The van der Waals surface area contributed by atoms with Crippen LogP contribution in [-0.2, 0) is 16.1 Å². The Bertz CT molecular complexity index is 603. The van der Waals surface area contributed by atoms with Crippen molar-refractivity contribution in [3.63, 3.8) is 0 Å². The number of nitrogens with zero attached hydrogens (tertiary/aromatic N) is 1. The lowest BCUT2D eigenvalue weighted by molar-refractivity contribution is -0.122. The Balaban J connectivity index is 1.80. The van der Waals surface area contributed by atoms with Crippen LogP contribution in [0.2, 0.25) is 0 Å². The van der Waals surface area contributed by atoms with Gasteiger partial charge in [-0.25, -0.2) is 9.78 Å². The van der Waals surface area contributed by atoms with Gasteiger partial charge < -0.3 is 15.4 Å². The number of hydrogen-bond donors (Lipinski definition) is 3. The number of rotatable bonds is 7. The highest BCUT2D eigenvalue weighted by Gasteiger charge is 2.29. The second-order valence-corrected chi connectivity index (χ2v) is 5.46. The van der Waals surface area contributed by atoms with Gasteiger partial charge in [0, 0.05) is 24.7 Å². The van der Waals surface area contributed by atoms with Crippen molar-refractivity contribution in [2.24, 2.45) is 0 Å². The number of ether oxygens (including phenoxy) is 1. The normalized spacial score (nSPS) is 16.9. The molecule has 2 heterocycles. The van der Waals surface area contributed by atoms with E-state index >= 15 is 0 Å². The number of carbonyl (C=O) groups excluding carboxylic acids is 3. The Hall–Kier alpha value is -2.64. The minimum Gasteiger partial charge on any atom is -0.475 e. The van der Waals surface area contributed by atoms with E-state index in [-0.39, 0.29) is 31.4 Å². The largest absolute Gasteiger partial charge is 0.475 e. The molecule has 4 amide bonds. The van der Waals surface area contributed by atoms with Crippen LogP contribution in [0, 0.1) is 0 Å². The molecule has 1 aromatic rings. The summed E-state index contributed by atoms with van der Waals surface area (Å²) >= 11 is 0. The summed E-state index contributed by atoms with van der Waals surface area (Å²) in [6.07, 6.45) is 2.01. The van der Waals surface area contributed by atoms with E-state index in [1.54, 1.807) is 12.3 Å². The summed E-state index contributed by atoms with van der Waals surface area (Å²) in [4.78, 5) is 38.4. The molecule has 1 aliphatic heterocycles. The van der Waals surface area contributed by atoms with Gasteiger partial charge in [-0.05, 0) is 26.3 Å². The van der Waals surface area contributed by atoms with Crippen LogP contribution in [-0.4, -0.2) is 35.0 Å². The summed E-state index contributed by atoms with van der Waals surface area (Å²) in [5, 5.41) is 7.34. The maximum absolute atomic E-state index is 11.9. The monoisotopic (exact) mass is 320 g/mol. The van der Waals surface area contributed by atoms with Crippen molar-refractivity contribution in [2.45, 2.75) is 45.4 Å². The Morgan fingerprint density at radius 1 is 1.43 bits per heavy atom. The van der Waals surface area contributed by atoms with Gasteiger partial charge in [-0.15, -0.1) is 0 Å². The third kappa shape index (κ3) is 4.94. The zero-order valence-electron chi connectivity index (χ0n) is 13.1. The molecule has 8 heteroatoms. The summed E-state index contributed by atoms with van der Waals surface area (Å²) in [6.45, 7) is 4.09. The van der Waals surface area contributed by atoms with Gasteiger partial charge in [0.15, 0.2) is 0 Å². The molecule has 3 N–H and O–H groups in total. The van der Waals surface area contributed by atoms with E-state index in [4.69, 9.17) is 4.74 Å². The van der Waals surface area contributed by atoms with Crippen molar-refractivity contribution in [3.05, 3.63) is 23.9 Å². The molecule has 0 bridgehead atoms. The molecule has 1 atom stereocenters. The highest BCUT2D eigenvalue weighted by Crippen LogP contribution is 2.15. The molecule has 1 fully saturated rings. The van der Waals surface area contributed by atoms with Crippen molar-refractivity contribution in [2.75, 3.05) is 0 Å². The molecule has 23 heavy (non-hydrogen) atoms. The minimum atomic E-state index is -0.647. The van der Waals surface area contributed by atoms with Gasteiger partial charge in [0.05, 0.1) is 6.10 Å². The number of hydrogen-bond acceptors (Lipinski definition) is 5. The van der Waals surface area contributed by atoms with Crippen LogP contribution in [0.15, 0.2) is 18.3 Å². The number of imide groups is 1. The molecule has 0 saturated carbocycles. The molecule has 1 aromatic heterocycles. The van der Waals surface area contributed by atoms with Gasteiger partial charge in [-0.2, -0.15) is 0 Å². The van der Waals surface area contributed by atoms with Crippen molar-refractivity contribution >= 4 is 17.8 Å². The lowest BCUT2D eigenvalue weighted by Gasteiger charge is -2.13. The van der Waals surface area contributed by atoms with Crippen LogP contribution in [0.3, 0.4) is 0 Å². The van der Waals surface area contributed by atoms with Crippen LogP contribution in [0.4, 0.5) is 4.79 Å². The Kier molecular flexibility index (Phi) is 5.51. The lowest BCUT2D eigenvalue weighted by atomic mass is 10.1. The smallest absolute Gasteiger partial charge is 0.322 e. The third-order valence-corrected chi connectivity index (χ3v) is 3.19. The van der Waals surface area contributed by atoms with E-state index in [9.17, 15) is 14.4 Å². The lowest BCUT2D eigenvalue weighted by Crippen LogP contribution is -2.31. The number of nitrogens with one attached hydrogen (secondary N) is 3. The van der Waals surface area contributed by atoms with Crippen LogP contribution >= 0.6 is 0 Å². The van der Waals surface area contributed by atoms with Crippen molar-refractivity contribution < 1.29 is 19.1 Å². The van der Waals surface area contributed by atoms with Gasteiger partial charge in [-0.3, -0.25) is 14.9 Å². The molecule has 124 valence electrons. The second kappa shape index (κ2) is 7.57. The standard InChI is InChI=1S/C15H20N4O4/c1-9(2)23-14-10(4-3-7-16-14)8-17-12(20)6-5-11-13(21)19-15(22)18-11/h3-4,7,9,11H,5-6,8H2,1-2H3,(H,17,20)(H2,18,19,21,22). The first-order valence-electron chi connectivity index (χ1n) is 7.44. The number of carbonyl (C=O) groups is 3. The fourth-order valence-electron chi connectivity index (χ4n) is 2.11. The SMILES string of the molecule is CC(C)Oc1ncccc1CNC(=O)CCC1NC(=O)NC1=O. The van der Waals surface area contributed by atoms with Crippen LogP contribution in [0.5, 0.6) is 5.88 Å². The molecule has 0 radical (unpaired) electrons. The average Bonchev–Trinajstić information content (AvgIpc) is 2.81. The highest BCUT2D eigenvalue weighted by molar-refractivity contribution is 6.04. The first-order chi connectivity index (χ1) is 11.0. The topological polar surface area (TPSA) is 109 Å². The summed E-state index contributed by atoms with van der Waals surface area (Å²) in [6, 6.07) is 2.43. The fourth-order valence-corrected chi connectivity index (χ4v) is 2.11. The number of aromatic nitrogens is 1.